The number of aliphatic carboxylic acids is 1. The molecule has 0 aliphatic rings. The summed E-state index contributed by atoms with van der Waals surface area (Å²) < 4.78 is 27.0. The normalized spacial score (nSPS) is 14.0. The zero-order valence-corrected chi connectivity index (χ0v) is 17.6. The third-order valence-electron chi connectivity index (χ3n) is 4.94. The summed E-state index contributed by atoms with van der Waals surface area (Å²) in [6.07, 6.45) is -0.516. The molecule has 3 atom stereocenters. The highest BCUT2D eigenvalue weighted by Crippen LogP contribution is 2.19. The van der Waals surface area contributed by atoms with Crippen molar-refractivity contribution in [3.05, 3.63) is 70.8 Å². The second kappa shape index (κ2) is 11.5. The Morgan fingerprint density at radius 3 is 2.32 bits per heavy atom. The maximum atomic E-state index is 13.5. The summed E-state index contributed by atoms with van der Waals surface area (Å²) in [5.41, 5.74) is 2.12. The molecule has 0 spiro atoms. The number of aliphatic hydroxyl groups is 1. The van der Waals surface area contributed by atoms with Crippen molar-refractivity contribution in [3.63, 3.8) is 0 Å². The Hall–Kier alpha value is -2.84. The van der Waals surface area contributed by atoms with Crippen LogP contribution in [0.15, 0.2) is 42.5 Å². The zero-order chi connectivity index (χ0) is 23.0. The Bertz CT molecular complexity index is 887. The summed E-state index contributed by atoms with van der Waals surface area (Å²) in [5, 5.41) is 25.6. The zero-order valence-electron chi connectivity index (χ0n) is 17.6. The van der Waals surface area contributed by atoms with Crippen LogP contribution in [0, 0.1) is 11.6 Å². The SMILES string of the molecule is CCc1cccc([C@H](CC(=O)O)NC[C@@H](O)C(Cc2cc(F)cc(F)c2)NC(C)=O)c1. The van der Waals surface area contributed by atoms with Crippen LogP contribution in [-0.2, 0) is 22.4 Å². The Labute approximate surface area is 180 Å². The lowest BCUT2D eigenvalue weighted by atomic mass is 9.98. The number of aliphatic hydroxyl groups excluding tert-OH is 1. The highest BCUT2D eigenvalue weighted by atomic mass is 19.1. The summed E-state index contributed by atoms with van der Waals surface area (Å²) in [6.45, 7) is 3.25. The first-order valence-corrected chi connectivity index (χ1v) is 10.1. The number of carbonyl (C=O) groups is 2. The van der Waals surface area contributed by atoms with E-state index in [0.717, 1.165) is 35.7 Å². The Kier molecular flexibility index (Phi) is 9.08. The highest BCUT2D eigenvalue weighted by Gasteiger charge is 2.24. The molecular formula is C23H28F2N2O4. The summed E-state index contributed by atoms with van der Waals surface area (Å²) in [6, 6.07) is 9.17. The molecular weight excluding hydrogens is 406 g/mol. The van der Waals surface area contributed by atoms with Gasteiger partial charge in [-0.2, -0.15) is 0 Å². The standard InChI is InChI=1S/C23H28F2N2O4/c1-3-15-5-4-6-17(7-15)20(12-23(30)31)26-13-22(29)21(27-14(2)28)10-16-8-18(24)11-19(25)9-16/h4-9,11,20-22,26,29H,3,10,12-13H2,1-2H3,(H,27,28)(H,30,31)/t20-,21?,22+/m0/s1. The van der Waals surface area contributed by atoms with Gasteiger partial charge in [0.2, 0.25) is 5.91 Å². The minimum absolute atomic E-state index is 0.00598. The first-order chi connectivity index (χ1) is 14.7. The summed E-state index contributed by atoms with van der Waals surface area (Å²) in [7, 11) is 0. The van der Waals surface area contributed by atoms with Gasteiger partial charge in [-0.25, -0.2) is 8.78 Å². The molecule has 2 aromatic carbocycles. The van der Waals surface area contributed by atoms with E-state index in [9.17, 15) is 28.6 Å². The minimum atomic E-state index is -1.12. The van der Waals surface area contributed by atoms with E-state index in [4.69, 9.17) is 0 Å². The molecule has 1 unspecified atom stereocenters. The Balaban J connectivity index is 2.14. The number of amides is 1. The van der Waals surface area contributed by atoms with Crippen LogP contribution >= 0.6 is 0 Å². The molecule has 2 rings (SSSR count). The van der Waals surface area contributed by atoms with Gasteiger partial charge >= 0.3 is 5.97 Å². The van der Waals surface area contributed by atoms with Gasteiger partial charge in [0, 0.05) is 25.6 Å². The molecule has 4 N–H and O–H groups in total. The molecule has 0 heterocycles. The lowest BCUT2D eigenvalue weighted by Gasteiger charge is -2.26. The molecule has 0 saturated carbocycles. The van der Waals surface area contributed by atoms with E-state index in [1.165, 1.54) is 6.92 Å². The van der Waals surface area contributed by atoms with Crippen molar-refractivity contribution >= 4 is 11.9 Å². The molecule has 0 fully saturated rings. The predicted octanol–water partition coefficient (Wildman–Crippen LogP) is 2.74. The van der Waals surface area contributed by atoms with Crippen molar-refractivity contribution < 1.29 is 28.6 Å². The number of nitrogens with one attached hydrogen (secondary N) is 2. The predicted molar refractivity (Wildman–Crippen MR) is 112 cm³/mol. The third kappa shape index (κ3) is 8.07. The molecule has 0 aliphatic heterocycles. The molecule has 8 heteroatoms. The van der Waals surface area contributed by atoms with Gasteiger partial charge in [0.25, 0.3) is 0 Å². The van der Waals surface area contributed by atoms with Crippen molar-refractivity contribution in [1.82, 2.24) is 10.6 Å². The van der Waals surface area contributed by atoms with Gasteiger partial charge in [-0.1, -0.05) is 31.2 Å². The number of aryl methyl sites for hydroxylation is 1. The average molecular weight is 434 g/mol. The number of halogens is 2. The van der Waals surface area contributed by atoms with Crippen molar-refractivity contribution in [1.29, 1.82) is 0 Å². The summed E-state index contributed by atoms with van der Waals surface area (Å²) in [5.74, 6) is -2.90. The van der Waals surface area contributed by atoms with Gasteiger partial charge in [-0.05, 0) is 41.7 Å². The summed E-state index contributed by atoms with van der Waals surface area (Å²) in [4.78, 5) is 22.9. The van der Waals surface area contributed by atoms with E-state index < -0.39 is 41.7 Å². The first-order valence-electron chi connectivity index (χ1n) is 10.1. The van der Waals surface area contributed by atoms with E-state index in [2.05, 4.69) is 10.6 Å². The van der Waals surface area contributed by atoms with Crippen molar-refractivity contribution in [2.75, 3.05) is 6.54 Å². The number of hydrogen-bond donors (Lipinski definition) is 4. The number of hydrogen-bond acceptors (Lipinski definition) is 4. The van der Waals surface area contributed by atoms with Gasteiger partial charge in [0.05, 0.1) is 18.6 Å². The van der Waals surface area contributed by atoms with Crippen LogP contribution in [0.3, 0.4) is 0 Å². The smallest absolute Gasteiger partial charge is 0.305 e. The topological polar surface area (TPSA) is 98.7 Å². The van der Waals surface area contributed by atoms with Crippen LogP contribution in [0.4, 0.5) is 8.78 Å². The molecule has 0 aromatic heterocycles. The largest absolute Gasteiger partial charge is 0.481 e. The maximum absolute atomic E-state index is 13.5. The number of carbonyl (C=O) groups excluding carboxylic acids is 1. The van der Waals surface area contributed by atoms with E-state index in [-0.39, 0.29) is 24.9 Å². The fraction of sp³-hybridized carbons (Fsp3) is 0.391. The highest BCUT2D eigenvalue weighted by molar-refractivity contribution is 5.73. The first kappa shape index (κ1) is 24.4. The van der Waals surface area contributed by atoms with Crippen molar-refractivity contribution in [2.45, 2.75) is 51.3 Å². The lowest BCUT2D eigenvalue weighted by molar-refractivity contribution is -0.137. The second-order valence-electron chi connectivity index (χ2n) is 7.51. The number of carboxylic acids is 1. The Morgan fingerprint density at radius 2 is 1.74 bits per heavy atom. The minimum Gasteiger partial charge on any atom is -0.481 e. The maximum Gasteiger partial charge on any atom is 0.305 e. The second-order valence-corrected chi connectivity index (χ2v) is 7.51. The molecule has 0 saturated heterocycles. The molecule has 2 aromatic rings. The molecule has 0 bridgehead atoms. The molecule has 0 radical (unpaired) electrons. The van der Waals surface area contributed by atoms with Crippen LogP contribution in [0.25, 0.3) is 0 Å². The Morgan fingerprint density at radius 1 is 1.06 bits per heavy atom. The van der Waals surface area contributed by atoms with E-state index in [1.54, 1.807) is 0 Å². The van der Waals surface area contributed by atoms with Gasteiger partial charge in [-0.3, -0.25) is 9.59 Å². The fourth-order valence-corrected chi connectivity index (χ4v) is 3.44. The van der Waals surface area contributed by atoms with Gasteiger partial charge in [0.15, 0.2) is 0 Å². The monoisotopic (exact) mass is 434 g/mol. The molecule has 168 valence electrons. The molecule has 31 heavy (non-hydrogen) atoms. The molecule has 0 aliphatic carbocycles. The van der Waals surface area contributed by atoms with Crippen LogP contribution in [-0.4, -0.2) is 40.8 Å². The lowest BCUT2D eigenvalue weighted by Crippen LogP contribution is -2.48. The number of carboxylic acid groups (broad SMARTS) is 1. The average Bonchev–Trinajstić information content (AvgIpc) is 2.69. The molecule has 1 amide bonds. The van der Waals surface area contributed by atoms with E-state index >= 15 is 0 Å². The van der Waals surface area contributed by atoms with E-state index in [0.29, 0.717) is 0 Å². The van der Waals surface area contributed by atoms with E-state index in [1.807, 2.05) is 31.2 Å². The third-order valence-corrected chi connectivity index (χ3v) is 4.94. The quantitative estimate of drug-likeness (QED) is 0.436. The van der Waals surface area contributed by atoms with Crippen molar-refractivity contribution in [2.24, 2.45) is 0 Å². The number of rotatable bonds is 11. The van der Waals surface area contributed by atoms with Crippen LogP contribution in [0.2, 0.25) is 0 Å². The fourth-order valence-electron chi connectivity index (χ4n) is 3.44. The van der Waals surface area contributed by atoms with Crippen molar-refractivity contribution in [3.8, 4) is 0 Å². The summed E-state index contributed by atoms with van der Waals surface area (Å²) >= 11 is 0. The van der Waals surface area contributed by atoms with Gasteiger partial charge in [0.1, 0.15) is 11.6 Å². The molecule has 6 nitrogen and oxygen atoms in total. The van der Waals surface area contributed by atoms with Crippen LogP contribution in [0.5, 0.6) is 0 Å². The van der Waals surface area contributed by atoms with Crippen LogP contribution in [0.1, 0.15) is 43.0 Å². The van der Waals surface area contributed by atoms with Gasteiger partial charge < -0.3 is 20.8 Å². The van der Waals surface area contributed by atoms with Gasteiger partial charge in [-0.15, -0.1) is 0 Å². The van der Waals surface area contributed by atoms with Crippen LogP contribution < -0.4 is 10.6 Å². The number of benzene rings is 2.